The van der Waals surface area contributed by atoms with Crippen LogP contribution in [0.3, 0.4) is 0 Å². The second kappa shape index (κ2) is 7.15. The highest BCUT2D eigenvalue weighted by atomic mass is 32.1. The topological polar surface area (TPSA) is 58.7 Å². The van der Waals surface area contributed by atoms with Gasteiger partial charge in [0.05, 0.1) is 34.1 Å². The summed E-state index contributed by atoms with van der Waals surface area (Å²) in [4.78, 5) is 21.6. The molecule has 3 heterocycles. The van der Waals surface area contributed by atoms with Crippen molar-refractivity contribution in [3.63, 3.8) is 0 Å². The predicted molar refractivity (Wildman–Crippen MR) is 110 cm³/mol. The number of nitrogens with zero attached hydrogens (tertiary/aromatic N) is 2. The zero-order valence-electron chi connectivity index (χ0n) is 14.3. The number of carbonyl (C=O) groups excluding carboxylic acids is 1. The Bertz CT molecular complexity index is 932. The number of rotatable bonds is 4. The van der Waals surface area contributed by atoms with Crippen LogP contribution in [0.15, 0.2) is 64.3 Å². The van der Waals surface area contributed by atoms with Gasteiger partial charge in [-0.15, -0.1) is 22.7 Å². The molecule has 2 aromatic heterocycles. The third-order valence-electron chi connectivity index (χ3n) is 4.71. The first-order valence-corrected chi connectivity index (χ1v) is 10.2. The molecule has 2 N–H and O–H groups in total. The van der Waals surface area contributed by atoms with Gasteiger partial charge >= 0.3 is 0 Å². The fourth-order valence-corrected chi connectivity index (χ4v) is 4.75. The lowest BCUT2D eigenvalue weighted by molar-refractivity contribution is 0.0954. The van der Waals surface area contributed by atoms with E-state index in [1.165, 1.54) is 11.3 Å². The number of fused-ring (bicyclic) bond motifs is 1. The summed E-state index contributed by atoms with van der Waals surface area (Å²) in [6.45, 7) is 0.483. The number of nitrogens with two attached hydrogens (primary N) is 1. The minimum atomic E-state index is -0.627. The van der Waals surface area contributed by atoms with Gasteiger partial charge in [0.15, 0.2) is 5.78 Å². The fraction of sp³-hybridized carbons (Fsp3) is 0.200. The van der Waals surface area contributed by atoms with Crippen LogP contribution in [0.2, 0.25) is 0 Å². The normalized spacial score (nSPS) is 18.0. The Morgan fingerprint density at radius 2 is 1.92 bits per heavy atom. The Morgan fingerprint density at radius 1 is 1.15 bits per heavy atom. The van der Waals surface area contributed by atoms with E-state index in [9.17, 15) is 4.79 Å². The molecule has 0 saturated carbocycles. The molecule has 0 amide bonds. The third kappa shape index (κ3) is 3.00. The lowest BCUT2D eigenvalue weighted by Gasteiger charge is -2.32. The molecule has 0 radical (unpaired) electrons. The zero-order chi connectivity index (χ0) is 18.1. The third-order valence-corrected chi connectivity index (χ3v) is 6.47. The summed E-state index contributed by atoms with van der Waals surface area (Å²) in [5.41, 5.74) is 9.52. The van der Waals surface area contributed by atoms with Gasteiger partial charge in [-0.05, 0) is 29.0 Å². The molecule has 0 spiro atoms. The first-order valence-electron chi connectivity index (χ1n) is 8.40. The molecule has 4 rings (SSSR count). The van der Waals surface area contributed by atoms with Crippen LogP contribution < -0.4 is 10.6 Å². The van der Waals surface area contributed by atoms with Gasteiger partial charge < -0.3 is 10.6 Å². The number of hydrogen-bond donors (Lipinski definition) is 1. The zero-order valence-corrected chi connectivity index (χ0v) is 16.0. The van der Waals surface area contributed by atoms with Gasteiger partial charge in [0.25, 0.3) is 0 Å². The molecule has 0 saturated heterocycles. The number of thiophene rings is 2. The van der Waals surface area contributed by atoms with Crippen LogP contribution in [0, 0.1) is 0 Å². The van der Waals surface area contributed by atoms with E-state index in [4.69, 9.17) is 10.7 Å². The van der Waals surface area contributed by atoms with Gasteiger partial charge in [0.2, 0.25) is 0 Å². The van der Waals surface area contributed by atoms with Gasteiger partial charge in [-0.25, -0.2) is 0 Å². The maximum absolute atomic E-state index is 12.8. The minimum absolute atomic E-state index is 0.0240. The van der Waals surface area contributed by atoms with Crippen LogP contribution in [-0.4, -0.2) is 37.2 Å². The molecule has 6 heteroatoms. The van der Waals surface area contributed by atoms with Crippen LogP contribution in [0.25, 0.3) is 0 Å². The Labute approximate surface area is 160 Å². The molecule has 0 aliphatic carbocycles. The smallest absolute Gasteiger partial charge is 0.191 e. The van der Waals surface area contributed by atoms with Crippen molar-refractivity contribution in [2.45, 2.75) is 12.1 Å². The highest BCUT2D eigenvalue weighted by Gasteiger charge is 2.32. The van der Waals surface area contributed by atoms with Crippen molar-refractivity contribution in [1.29, 1.82) is 0 Å². The van der Waals surface area contributed by atoms with E-state index in [1.807, 2.05) is 42.8 Å². The van der Waals surface area contributed by atoms with Crippen molar-refractivity contribution >= 4 is 39.9 Å². The van der Waals surface area contributed by atoms with Crippen molar-refractivity contribution in [2.24, 2.45) is 10.7 Å². The summed E-state index contributed by atoms with van der Waals surface area (Å²) in [6, 6.07) is 15.2. The van der Waals surface area contributed by atoms with Crippen molar-refractivity contribution in [3.05, 3.63) is 74.6 Å². The molecule has 0 bridgehead atoms. The van der Waals surface area contributed by atoms with Crippen molar-refractivity contribution < 1.29 is 4.79 Å². The molecule has 4 nitrogen and oxygen atoms in total. The summed E-state index contributed by atoms with van der Waals surface area (Å²) in [5, 5.41) is 3.96. The molecule has 1 aliphatic rings. The highest BCUT2D eigenvalue weighted by Crippen LogP contribution is 2.30. The molecule has 1 aliphatic heterocycles. The number of hydrogen-bond acceptors (Lipinski definition) is 6. The maximum atomic E-state index is 12.8. The summed E-state index contributed by atoms with van der Waals surface area (Å²) < 4.78 is 0. The molecule has 1 aromatic carbocycles. The van der Waals surface area contributed by atoms with Crippen molar-refractivity contribution in [1.82, 2.24) is 0 Å². The second-order valence-electron chi connectivity index (χ2n) is 6.23. The summed E-state index contributed by atoms with van der Waals surface area (Å²) in [6.07, 6.45) is 0. The number of likely N-dealkylation sites (N-methyl/N-ethyl adjacent to an activating group) is 1. The number of para-hydroxylation sites is 1. The average molecular weight is 382 g/mol. The Morgan fingerprint density at radius 3 is 2.65 bits per heavy atom. The van der Waals surface area contributed by atoms with Crippen LogP contribution >= 0.6 is 22.7 Å². The number of benzene rings is 1. The quantitative estimate of drug-likeness (QED) is 0.702. The summed E-state index contributed by atoms with van der Waals surface area (Å²) in [5.74, 6) is -0.0240. The largest absolute Gasteiger partial charge is 0.367 e. The molecule has 3 aromatic rings. The Kier molecular flexibility index (Phi) is 4.72. The Balaban J connectivity index is 1.74. The first-order chi connectivity index (χ1) is 12.7. The van der Waals surface area contributed by atoms with E-state index in [1.54, 1.807) is 11.3 Å². The molecule has 0 fully saturated rings. The number of aliphatic imine (C=N–C) groups is 1. The van der Waals surface area contributed by atoms with Crippen LogP contribution in [0.5, 0.6) is 0 Å². The number of benzodiazepines with no additional fused rings is 1. The first kappa shape index (κ1) is 17.1. The van der Waals surface area contributed by atoms with Crippen molar-refractivity contribution in [2.75, 3.05) is 18.5 Å². The Hall–Kier alpha value is -2.28. The van der Waals surface area contributed by atoms with Crippen LogP contribution in [0.1, 0.15) is 20.1 Å². The fourth-order valence-electron chi connectivity index (χ4n) is 3.29. The van der Waals surface area contributed by atoms with Gasteiger partial charge in [0, 0.05) is 18.3 Å². The monoisotopic (exact) mass is 381 g/mol. The van der Waals surface area contributed by atoms with E-state index >= 15 is 0 Å². The van der Waals surface area contributed by atoms with Gasteiger partial charge in [0.1, 0.15) is 0 Å². The molecule has 26 heavy (non-hydrogen) atoms. The van der Waals surface area contributed by atoms with Crippen LogP contribution in [-0.2, 0) is 0 Å². The standard InChI is InChI=1S/C20H19N3OS2/c1-23-14-7-3-2-6-13(14)19(16-8-4-10-25-16)22-12-15(23)18(21)20(24)17-9-5-11-26-17/h2-11,15,18H,12,21H2,1H3. The summed E-state index contributed by atoms with van der Waals surface area (Å²) >= 11 is 3.10. The molecule has 2 unspecified atom stereocenters. The van der Waals surface area contributed by atoms with E-state index in [2.05, 4.69) is 28.5 Å². The number of Topliss-reactive ketones (excluding diaryl/α,β-unsaturated/α-hetero) is 1. The second-order valence-corrected chi connectivity index (χ2v) is 8.12. The van der Waals surface area contributed by atoms with Gasteiger partial charge in [-0.2, -0.15) is 0 Å². The van der Waals surface area contributed by atoms with E-state index < -0.39 is 6.04 Å². The van der Waals surface area contributed by atoms with Gasteiger partial charge in [-0.3, -0.25) is 9.79 Å². The minimum Gasteiger partial charge on any atom is -0.367 e. The number of ketones is 1. The van der Waals surface area contributed by atoms with Crippen molar-refractivity contribution in [3.8, 4) is 0 Å². The van der Waals surface area contributed by atoms with E-state index in [0.29, 0.717) is 11.4 Å². The predicted octanol–water partition coefficient (Wildman–Crippen LogP) is 3.68. The molecule has 2 atom stereocenters. The maximum Gasteiger partial charge on any atom is 0.191 e. The van der Waals surface area contributed by atoms with E-state index in [-0.39, 0.29) is 11.8 Å². The van der Waals surface area contributed by atoms with E-state index in [0.717, 1.165) is 21.8 Å². The lowest BCUT2D eigenvalue weighted by atomic mass is 10.0. The molecular formula is C20H19N3OS2. The van der Waals surface area contributed by atoms with Crippen LogP contribution in [0.4, 0.5) is 5.69 Å². The lowest BCUT2D eigenvalue weighted by Crippen LogP contribution is -2.52. The molecular weight excluding hydrogens is 362 g/mol. The number of anilines is 1. The summed E-state index contributed by atoms with van der Waals surface area (Å²) in [7, 11) is 2.00. The average Bonchev–Trinajstić information content (AvgIpc) is 3.36. The van der Waals surface area contributed by atoms with Gasteiger partial charge in [-0.1, -0.05) is 30.3 Å². The SMILES string of the molecule is CN1c2ccccc2C(c2cccs2)=NCC1C(N)C(=O)c1cccs1. The number of carbonyl (C=O) groups is 1. The molecule has 132 valence electrons. The highest BCUT2D eigenvalue weighted by molar-refractivity contribution is 7.12.